The van der Waals surface area contributed by atoms with E-state index in [2.05, 4.69) is 16.0 Å². The van der Waals surface area contributed by atoms with Gasteiger partial charge in [0.15, 0.2) is 6.61 Å². The molecule has 3 aliphatic rings. The van der Waals surface area contributed by atoms with Crippen molar-refractivity contribution in [2.75, 3.05) is 39.5 Å². The van der Waals surface area contributed by atoms with Crippen LogP contribution in [0.5, 0.6) is 5.75 Å². The third-order valence-corrected chi connectivity index (χ3v) is 9.84. The minimum absolute atomic E-state index is 0.0333. The predicted octanol–water partition coefficient (Wildman–Crippen LogP) is 5.77. The molecule has 1 N–H and O–H groups in total. The zero-order chi connectivity index (χ0) is 31.3. The number of carboxylic acids is 1. The number of carboxylic acid groups (broad SMARTS) is 1. The van der Waals surface area contributed by atoms with Gasteiger partial charge in [-0.1, -0.05) is 35.5 Å². The van der Waals surface area contributed by atoms with Crippen LogP contribution in [0, 0.1) is 12.7 Å². The van der Waals surface area contributed by atoms with E-state index < -0.39 is 5.97 Å². The highest BCUT2D eigenvalue weighted by atomic mass is 32.2. The van der Waals surface area contributed by atoms with Crippen molar-refractivity contribution < 1.29 is 28.6 Å². The van der Waals surface area contributed by atoms with E-state index in [-0.39, 0.29) is 36.6 Å². The number of piperidine rings is 1. The average molecular weight is 635 g/mol. The fourth-order valence-corrected chi connectivity index (χ4v) is 7.32. The van der Waals surface area contributed by atoms with Crippen molar-refractivity contribution in [1.29, 1.82) is 0 Å². The predicted molar refractivity (Wildman–Crippen MR) is 168 cm³/mol. The van der Waals surface area contributed by atoms with Gasteiger partial charge in [-0.05, 0) is 74.6 Å². The highest BCUT2D eigenvalue weighted by Crippen LogP contribution is 2.38. The lowest BCUT2D eigenvalue weighted by Crippen LogP contribution is -2.48. The van der Waals surface area contributed by atoms with Gasteiger partial charge in [-0.15, -0.1) is 0 Å². The Balaban J connectivity index is 1.06. The van der Waals surface area contributed by atoms with Crippen molar-refractivity contribution in [3.8, 4) is 5.75 Å². The molecule has 0 unspecified atom stereocenters. The van der Waals surface area contributed by atoms with Crippen LogP contribution in [0.4, 0.5) is 9.18 Å². The van der Waals surface area contributed by atoms with Crippen LogP contribution < -0.4 is 4.74 Å². The monoisotopic (exact) mass is 634 g/mol. The van der Waals surface area contributed by atoms with Crippen LogP contribution in [-0.2, 0) is 16.1 Å². The van der Waals surface area contributed by atoms with Crippen LogP contribution in [0.25, 0.3) is 0 Å². The Morgan fingerprint density at radius 1 is 1.04 bits per heavy atom. The van der Waals surface area contributed by atoms with Gasteiger partial charge in [0.1, 0.15) is 16.6 Å². The van der Waals surface area contributed by atoms with Crippen molar-refractivity contribution in [3.05, 3.63) is 83.3 Å². The first-order valence-electron chi connectivity index (χ1n) is 15.6. The van der Waals surface area contributed by atoms with Gasteiger partial charge in [0.05, 0.1) is 6.04 Å². The van der Waals surface area contributed by atoms with Gasteiger partial charge in [-0.2, -0.15) is 0 Å². The van der Waals surface area contributed by atoms with E-state index in [0.29, 0.717) is 31.1 Å². The fourth-order valence-electron chi connectivity index (χ4n) is 6.56. The Labute approximate surface area is 267 Å². The van der Waals surface area contributed by atoms with Gasteiger partial charge < -0.3 is 24.4 Å². The number of pyridine rings is 1. The number of urea groups is 1. The van der Waals surface area contributed by atoms with Crippen LogP contribution in [0.3, 0.4) is 0 Å². The smallest absolute Gasteiger partial charge is 0.341 e. The molecule has 3 aliphatic heterocycles. The van der Waals surface area contributed by atoms with E-state index in [9.17, 15) is 9.59 Å². The highest BCUT2D eigenvalue weighted by molar-refractivity contribution is 7.99. The Hall–Kier alpha value is -3.67. The summed E-state index contributed by atoms with van der Waals surface area (Å²) >= 11 is 1.53. The minimum atomic E-state index is -1.01. The SMILES string of the molecule is Cc1ccc(F)c([C@@H]2CN(C3CCOCC3)C(=O)N2C2CCN(Cc3ccc(Sc4ccc(OCC(=O)O)cc4)nc3)CC2)c1. The third kappa shape index (κ3) is 7.59. The van der Waals surface area contributed by atoms with Gasteiger partial charge in [0, 0.05) is 68.1 Å². The molecule has 0 spiro atoms. The summed E-state index contributed by atoms with van der Waals surface area (Å²) in [4.78, 5) is 36.6. The molecule has 45 heavy (non-hydrogen) atoms. The molecule has 3 saturated heterocycles. The van der Waals surface area contributed by atoms with E-state index in [1.54, 1.807) is 18.2 Å². The van der Waals surface area contributed by atoms with Gasteiger partial charge in [-0.3, -0.25) is 4.90 Å². The molecule has 0 saturated carbocycles. The van der Waals surface area contributed by atoms with Crippen molar-refractivity contribution >= 4 is 23.8 Å². The number of halogens is 1. The number of ether oxygens (including phenoxy) is 2. The number of hydrogen-bond donors (Lipinski definition) is 1. The first kappa shape index (κ1) is 31.3. The lowest BCUT2D eigenvalue weighted by Gasteiger charge is -2.39. The maximum atomic E-state index is 15.2. The summed E-state index contributed by atoms with van der Waals surface area (Å²) < 4.78 is 25.9. The van der Waals surface area contributed by atoms with E-state index in [0.717, 1.165) is 66.4 Å². The molecule has 0 aliphatic carbocycles. The summed E-state index contributed by atoms with van der Waals surface area (Å²) in [6, 6.07) is 16.5. The zero-order valence-electron chi connectivity index (χ0n) is 25.4. The molecule has 3 aromatic rings. The number of benzene rings is 2. The van der Waals surface area contributed by atoms with Crippen molar-refractivity contribution in [2.45, 2.75) is 67.2 Å². The Kier molecular flexibility index (Phi) is 9.87. The molecule has 1 atom stereocenters. The minimum Gasteiger partial charge on any atom is -0.482 e. The van der Waals surface area contributed by atoms with Crippen LogP contribution in [0.2, 0.25) is 0 Å². The molecule has 0 radical (unpaired) electrons. The Morgan fingerprint density at radius 3 is 2.49 bits per heavy atom. The molecule has 6 rings (SSSR count). The lowest BCUT2D eigenvalue weighted by atomic mass is 9.97. The van der Waals surface area contributed by atoms with Crippen molar-refractivity contribution in [2.24, 2.45) is 0 Å². The van der Waals surface area contributed by atoms with Crippen molar-refractivity contribution in [3.63, 3.8) is 0 Å². The summed E-state index contributed by atoms with van der Waals surface area (Å²) in [7, 11) is 0. The van der Waals surface area contributed by atoms with E-state index >= 15 is 4.39 Å². The van der Waals surface area contributed by atoms with Crippen LogP contribution >= 0.6 is 11.8 Å². The topological polar surface area (TPSA) is 95.4 Å². The molecule has 1 aromatic heterocycles. The van der Waals surface area contributed by atoms with Gasteiger partial charge >= 0.3 is 12.0 Å². The first-order chi connectivity index (χ1) is 21.8. The first-order valence-corrected chi connectivity index (χ1v) is 16.4. The molecule has 9 nitrogen and oxygen atoms in total. The molecular weight excluding hydrogens is 595 g/mol. The maximum absolute atomic E-state index is 15.2. The quantitative estimate of drug-likeness (QED) is 0.301. The second-order valence-corrected chi connectivity index (χ2v) is 13.1. The standard InChI is InChI=1S/C34H39FN4O5S/c1-23-2-8-30(35)29(18-23)31-21-38(25-12-16-43-17-13-25)34(42)39(31)26-10-14-37(15-11-26)20-24-3-9-32(36-19-24)45-28-6-4-27(5-7-28)44-22-33(40)41/h2-9,18-19,25-26,31H,10-17,20-22H2,1H3,(H,40,41)/t31-/m0/s1. The van der Waals surface area contributed by atoms with Crippen molar-refractivity contribution in [1.82, 2.24) is 19.7 Å². The summed E-state index contributed by atoms with van der Waals surface area (Å²) in [5.74, 6) is -0.743. The number of rotatable bonds is 10. The molecule has 3 fully saturated rings. The molecule has 0 bridgehead atoms. The number of aryl methyl sites for hydroxylation is 1. The Morgan fingerprint density at radius 2 is 1.80 bits per heavy atom. The van der Waals surface area contributed by atoms with E-state index in [1.165, 1.54) is 17.8 Å². The number of amides is 2. The van der Waals surface area contributed by atoms with Crippen LogP contribution in [-0.4, -0.2) is 88.3 Å². The molecule has 2 amide bonds. The number of aliphatic carboxylic acids is 1. The summed E-state index contributed by atoms with van der Waals surface area (Å²) in [5.41, 5.74) is 2.74. The number of likely N-dealkylation sites (tertiary alicyclic amines) is 1. The third-order valence-electron chi connectivity index (χ3n) is 8.88. The number of aromatic nitrogens is 1. The van der Waals surface area contributed by atoms with Gasteiger partial charge in [0.25, 0.3) is 0 Å². The number of nitrogens with zero attached hydrogens (tertiary/aromatic N) is 4. The average Bonchev–Trinajstić information content (AvgIpc) is 3.40. The number of hydrogen-bond acceptors (Lipinski definition) is 7. The zero-order valence-corrected chi connectivity index (χ0v) is 26.3. The second-order valence-electron chi connectivity index (χ2n) is 12.0. The van der Waals surface area contributed by atoms with E-state index in [4.69, 9.17) is 14.6 Å². The molecule has 11 heteroatoms. The lowest BCUT2D eigenvalue weighted by molar-refractivity contribution is -0.139. The summed E-state index contributed by atoms with van der Waals surface area (Å²) in [6.45, 7) is 5.90. The molecule has 2 aromatic carbocycles. The van der Waals surface area contributed by atoms with Crippen LogP contribution in [0.15, 0.2) is 70.7 Å². The van der Waals surface area contributed by atoms with Gasteiger partial charge in [0.2, 0.25) is 0 Å². The number of carbonyl (C=O) groups is 2. The molecule has 4 heterocycles. The highest BCUT2D eigenvalue weighted by Gasteiger charge is 2.46. The molecule has 238 valence electrons. The van der Waals surface area contributed by atoms with Gasteiger partial charge in [-0.25, -0.2) is 19.0 Å². The summed E-state index contributed by atoms with van der Waals surface area (Å²) in [6.07, 6.45) is 5.23. The molecular formula is C34H39FN4O5S. The Bertz CT molecular complexity index is 1480. The fraction of sp³-hybridized carbons (Fsp3) is 0.441. The number of carbonyl (C=O) groups excluding carboxylic acids is 1. The van der Waals surface area contributed by atoms with E-state index in [1.807, 2.05) is 47.2 Å². The maximum Gasteiger partial charge on any atom is 0.341 e. The summed E-state index contributed by atoms with van der Waals surface area (Å²) in [5, 5.41) is 9.63. The normalized spacial score (nSPS) is 20.1. The van der Waals surface area contributed by atoms with Crippen LogP contribution in [0.1, 0.15) is 48.4 Å². The second kappa shape index (κ2) is 14.2. The largest absolute Gasteiger partial charge is 0.482 e.